The van der Waals surface area contributed by atoms with E-state index in [1.54, 1.807) is 24.5 Å². The maximum Gasteiger partial charge on any atom is 0.185 e. The van der Waals surface area contributed by atoms with Crippen LogP contribution in [-0.4, -0.2) is 37.1 Å². The smallest absolute Gasteiger partial charge is 0.185 e. The molecule has 0 N–H and O–H groups in total. The molecule has 0 saturated carbocycles. The molecule has 3 aromatic rings. The molecule has 0 amide bonds. The molecular formula is C25H24N2O3. The molecule has 1 aliphatic heterocycles. The van der Waals surface area contributed by atoms with Gasteiger partial charge in [-0.25, -0.2) is 0 Å². The summed E-state index contributed by atoms with van der Waals surface area (Å²) >= 11 is 0. The quantitative estimate of drug-likeness (QED) is 0.435. The molecule has 152 valence electrons. The summed E-state index contributed by atoms with van der Waals surface area (Å²) in [6, 6.07) is 19.3. The van der Waals surface area contributed by atoms with Gasteiger partial charge in [0.05, 0.1) is 13.2 Å². The van der Waals surface area contributed by atoms with Crippen molar-refractivity contribution in [3.05, 3.63) is 95.8 Å². The topological polar surface area (TPSA) is 51.7 Å². The van der Waals surface area contributed by atoms with Crippen LogP contribution in [0, 0.1) is 0 Å². The highest BCUT2D eigenvalue weighted by molar-refractivity contribution is 6.07. The van der Waals surface area contributed by atoms with E-state index in [1.165, 1.54) is 0 Å². The van der Waals surface area contributed by atoms with Gasteiger partial charge in [-0.05, 0) is 48.6 Å². The first-order valence-corrected chi connectivity index (χ1v) is 10.1. The number of hydrogen-bond acceptors (Lipinski definition) is 5. The number of nitrogens with zero attached hydrogens (tertiary/aromatic N) is 2. The van der Waals surface area contributed by atoms with Crippen LogP contribution in [0.25, 0.3) is 6.08 Å². The Morgan fingerprint density at radius 3 is 2.60 bits per heavy atom. The summed E-state index contributed by atoms with van der Waals surface area (Å²) in [6.07, 6.45) is 6.91. The molecule has 1 fully saturated rings. The van der Waals surface area contributed by atoms with Crippen molar-refractivity contribution in [2.45, 2.75) is 6.61 Å². The number of anilines is 1. The van der Waals surface area contributed by atoms with E-state index in [0.29, 0.717) is 12.2 Å². The second kappa shape index (κ2) is 9.85. The molecule has 0 bridgehead atoms. The zero-order chi connectivity index (χ0) is 20.6. The molecule has 1 saturated heterocycles. The standard InChI is InChI=1S/C25H24N2O3/c28-24(21-7-10-23(11-8-21)27-14-16-29-17-15-27)12-9-22-5-1-2-6-25(22)30-19-20-4-3-13-26-18-20/h1-13,18H,14-17,19H2. The first kappa shape index (κ1) is 19.9. The molecule has 4 rings (SSSR count). The number of allylic oxidation sites excluding steroid dienone is 1. The van der Waals surface area contributed by atoms with Crippen molar-refractivity contribution in [3.63, 3.8) is 0 Å². The van der Waals surface area contributed by atoms with Crippen molar-refractivity contribution in [1.29, 1.82) is 0 Å². The van der Waals surface area contributed by atoms with E-state index in [2.05, 4.69) is 9.88 Å². The largest absolute Gasteiger partial charge is 0.488 e. The lowest BCUT2D eigenvalue weighted by atomic mass is 10.1. The van der Waals surface area contributed by atoms with Gasteiger partial charge in [0.15, 0.2) is 5.78 Å². The zero-order valence-electron chi connectivity index (χ0n) is 16.7. The van der Waals surface area contributed by atoms with Gasteiger partial charge in [0, 0.05) is 47.9 Å². The monoisotopic (exact) mass is 400 g/mol. The molecule has 5 nitrogen and oxygen atoms in total. The number of carbonyl (C=O) groups excluding carboxylic acids is 1. The van der Waals surface area contributed by atoms with E-state index in [1.807, 2.05) is 60.7 Å². The van der Waals surface area contributed by atoms with E-state index in [9.17, 15) is 4.79 Å². The molecule has 1 aromatic heterocycles. The summed E-state index contributed by atoms with van der Waals surface area (Å²) in [5, 5.41) is 0. The third-order valence-electron chi connectivity index (χ3n) is 4.98. The van der Waals surface area contributed by atoms with Crippen molar-refractivity contribution < 1.29 is 14.3 Å². The van der Waals surface area contributed by atoms with Crippen LogP contribution in [0.2, 0.25) is 0 Å². The molecule has 0 radical (unpaired) electrons. The van der Waals surface area contributed by atoms with E-state index < -0.39 is 0 Å². The highest BCUT2D eigenvalue weighted by Gasteiger charge is 2.11. The highest BCUT2D eigenvalue weighted by Crippen LogP contribution is 2.22. The number of pyridine rings is 1. The molecule has 2 aromatic carbocycles. The number of benzene rings is 2. The lowest BCUT2D eigenvalue weighted by Crippen LogP contribution is -2.36. The lowest BCUT2D eigenvalue weighted by molar-refractivity contribution is 0.104. The molecule has 0 atom stereocenters. The molecule has 0 unspecified atom stereocenters. The van der Waals surface area contributed by atoms with E-state index in [0.717, 1.165) is 48.9 Å². The number of para-hydroxylation sites is 1. The normalized spacial score (nSPS) is 14.1. The first-order chi connectivity index (χ1) is 14.8. The van der Waals surface area contributed by atoms with Crippen LogP contribution < -0.4 is 9.64 Å². The Morgan fingerprint density at radius 1 is 1.03 bits per heavy atom. The maximum atomic E-state index is 12.6. The second-order valence-electron chi connectivity index (χ2n) is 7.03. The Balaban J connectivity index is 1.41. The number of aromatic nitrogens is 1. The van der Waals surface area contributed by atoms with E-state index in [4.69, 9.17) is 9.47 Å². The molecule has 2 heterocycles. The van der Waals surface area contributed by atoms with Crippen molar-refractivity contribution in [3.8, 4) is 5.75 Å². The highest BCUT2D eigenvalue weighted by atomic mass is 16.5. The van der Waals surface area contributed by atoms with Crippen LogP contribution in [-0.2, 0) is 11.3 Å². The maximum absolute atomic E-state index is 12.6. The summed E-state index contributed by atoms with van der Waals surface area (Å²) in [6.45, 7) is 3.67. The average Bonchev–Trinajstić information content (AvgIpc) is 2.83. The molecule has 5 heteroatoms. The van der Waals surface area contributed by atoms with Gasteiger partial charge < -0.3 is 14.4 Å². The fourth-order valence-corrected chi connectivity index (χ4v) is 3.31. The third-order valence-corrected chi connectivity index (χ3v) is 4.98. The average molecular weight is 400 g/mol. The van der Waals surface area contributed by atoms with Crippen molar-refractivity contribution in [2.24, 2.45) is 0 Å². The minimum atomic E-state index is -0.0365. The first-order valence-electron chi connectivity index (χ1n) is 10.1. The van der Waals surface area contributed by atoms with Crippen LogP contribution in [0.4, 0.5) is 5.69 Å². The zero-order valence-corrected chi connectivity index (χ0v) is 16.7. The molecular weight excluding hydrogens is 376 g/mol. The van der Waals surface area contributed by atoms with Crippen LogP contribution in [0.3, 0.4) is 0 Å². The van der Waals surface area contributed by atoms with Crippen molar-refractivity contribution in [2.75, 3.05) is 31.2 Å². The predicted octanol–water partition coefficient (Wildman–Crippen LogP) is 4.39. The van der Waals surface area contributed by atoms with E-state index in [-0.39, 0.29) is 5.78 Å². The molecule has 0 spiro atoms. The van der Waals surface area contributed by atoms with Gasteiger partial charge in [-0.2, -0.15) is 0 Å². The van der Waals surface area contributed by atoms with Crippen LogP contribution in [0.15, 0.2) is 79.1 Å². The number of morpholine rings is 1. The van der Waals surface area contributed by atoms with Gasteiger partial charge in [0.2, 0.25) is 0 Å². The predicted molar refractivity (Wildman–Crippen MR) is 118 cm³/mol. The Bertz CT molecular complexity index is 994. The summed E-state index contributed by atoms with van der Waals surface area (Å²) in [7, 11) is 0. The molecule has 0 aliphatic carbocycles. The number of rotatable bonds is 7. The lowest BCUT2D eigenvalue weighted by Gasteiger charge is -2.28. The second-order valence-corrected chi connectivity index (χ2v) is 7.03. The fourth-order valence-electron chi connectivity index (χ4n) is 3.31. The third kappa shape index (κ3) is 5.13. The summed E-state index contributed by atoms with van der Waals surface area (Å²) in [5.41, 5.74) is 3.64. The number of ketones is 1. The number of carbonyl (C=O) groups is 1. The van der Waals surface area contributed by atoms with Crippen molar-refractivity contribution in [1.82, 2.24) is 4.98 Å². The van der Waals surface area contributed by atoms with Gasteiger partial charge in [0.1, 0.15) is 12.4 Å². The Morgan fingerprint density at radius 2 is 1.83 bits per heavy atom. The SMILES string of the molecule is O=C(C=Cc1ccccc1OCc1cccnc1)c1ccc(N2CCOCC2)cc1. The van der Waals surface area contributed by atoms with Crippen LogP contribution in [0.1, 0.15) is 21.5 Å². The molecule has 1 aliphatic rings. The van der Waals surface area contributed by atoms with Crippen molar-refractivity contribution >= 4 is 17.5 Å². The van der Waals surface area contributed by atoms with E-state index >= 15 is 0 Å². The number of ether oxygens (including phenoxy) is 2. The summed E-state index contributed by atoms with van der Waals surface area (Å²) in [5.74, 6) is 0.693. The molecule has 30 heavy (non-hydrogen) atoms. The minimum absolute atomic E-state index is 0.0365. The Labute approximate surface area is 176 Å². The Hall–Kier alpha value is -3.44. The van der Waals surface area contributed by atoms with Gasteiger partial charge in [-0.15, -0.1) is 0 Å². The van der Waals surface area contributed by atoms with Gasteiger partial charge in [-0.3, -0.25) is 9.78 Å². The van der Waals surface area contributed by atoms with Gasteiger partial charge in [0.25, 0.3) is 0 Å². The fraction of sp³-hybridized carbons (Fsp3) is 0.200. The van der Waals surface area contributed by atoms with Crippen LogP contribution in [0.5, 0.6) is 5.75 Å². The Kier molecular flexibility index (Phi) is 6.52. The van der Waals surface area contributed by atoms with Gasteiger partial charge >= 0.3 is 0 Å². The minimum Gasteiger partial charge on any atom is -0.488 e. The van der Waals surface area contributed by atoms with Gasteiger partial charge in [-0.1, -0.05) is 24.3 Å². The van der Waals surface area contributed by atoms with Crippen LogP contribution >= 0.6 is 0 Å². The summed E-state index contributed by atoms with van der Waals surface area (Å²) < 4.78 is 11.3. The number of hydrogen-bond donors (Lipinski definition) is 0. The summed E-state index contributed by atoms with van der Waals surface area (Å²) in [4.78, 5) is 19.0.